The summed E-state index contributed by atoms with van der Waals surface area (Å²) in [4.78, 5) is 12.2. The molecule has 2 rings (SSSR count). The number of amides is 1. The van der Waals surface area contributed by atoms with Gasteiger partial charge in [0.15, 0.2) is 11.5 Å². The second-order valence-electron chi connectivity index (χ2n) is 5.69. The quantitative estimate of drug-likeness (QED) is 0.784. The summed E-state index contributed by atoms with van der Waals surface area (Å²) >= 11 is 0. The number of hydrogen-bond donors (Lipinski definition) is 2. The molecule has 0 aliphatic carbocycles. The van der Waals surface area contributed by atoms with Crippen molar-refractivity contribution in [2.24, 2.45) is 5.92 Å². The van der Waals surface area contributed by atoms with Crippen LogP contribution in [0.2, 0.25) is 0 Å². The molecule has 0 saturated carbocycles. The van der Waals surface area contributed by atoms with Crippen LogP contribution >= 0.6 is 12.4 Å². The minimum atomic E-state index is 0. The number of halogens is 1. The lowest BCUT2D eigenvalue weighted by Gasteiger charge is -2.22. The smallest absolute Gasteiger partial charge is 0.224 e. The zero-order valence-electron chi connectivity index (χ0n) is 14.5. The summed E-state index contributed by atoms with van der Waals surface area (Å²) < 4.78 is 15.9. The van der Waals surface area contributed by atoms with E-state index in [-0.39, 0.29) is 18.3 Å². The summed E-state index contributed by atoms with van der Waals surface area (Å²) in [5.74, 6) is 2.23. The van der Waals surface area contributed by atoms with E-state index < -0.39 is 0 Å². The maximum atomic E-state index is 12.2. The van der Waals surface area contributed by atoms with Gasteiger partial charge in [-0.3, -0.25) is 4.79 Å². The van der Waals surface area contributed by atoms with E-state index in [9.17, 15) is 4.79 Å². The van der Waals surface area contributed by atoms with E-state index >= 15 is 0 Å². The Hall–Kier alpha value is -1.66. The predicted octanol–water partition coefficient (Wildman–Crippen LogP) is 2.85. The molecule has 0 unspecified atom stereocenters. The molecule has 0 spiro atoms. The monoisotopic (exact) mass is 358 g/mol. The first-order valence-electron chi connectivity index (χ1n) is 7.98. The number of nitrogens with one attached hydrogen (secondary N) is 2. The highest BCUT2D eigenvalue weighted by atomic mass is 35.5. The highest BCUT2D eigenvalue weighted by Gasteiger charge is 2.16. The van der Waals surface area contributed by atoms with Gasteiger partial charge in [-0.15, -0.1) is 12.4 Å². The molecular weight excluding hydrogens is 332 g/mol. The number of carbonyl (C=O) groups is 1. The van der Waals surface area contributed by atoms with Gasteiger partial charge >= 0.3 is 0 Å². The molecule has 7 heteroatoms. The molecule has 1 aliphatic heterocycles. The third kappa shape index (κ3) is 5.46. The number of rotatable bonds is 7. The topological polar surface area (TPSA) is 68.8 Å². The normalized spacial score (nSPS) is 14.5. The molecule has 6 nitrogen and oxygen atoms in total. The third-order valence-corrected chi connectivity index (χ3v) is 4.19. The molecule has 24 heavy (non-hydrogen) atoms. The molecule has 2 N–H and O–H groups in total. The number of anilines is 1. The van der Waals surface area contributed by atoms with E-state index in [4.69, 9.17) is 14.2 Å². The van der Waals surface area contributed by atoms with Crippen LogP contribution in [0.3, 0.4) is 0 Å². The highest BCUT2D eigenvalue weighted by Crippen LogP contribution is 2.39. The van der Waals surface area contributed by atoms with Crippen LogP contribution in [0, 0.1) is 5.92 Å². The first kappa shape index (κ1) is 20.4. The van der Waals surface area contributed by atoms with Crippen LogP contribution in [0.4, 0.5) is 5.69 Å². The van der Waals surface area contributed by atoms with E-state index in [0.717, 1.165) is 32.4 Å². The fraction of sp³-hybridized carbons (Fsp3) is 0.588. The van der Waals surface area contributed by atoms with Gasteiger partial charge in [0.1, 0.15) is 0 Å². The molecular formula is C17H27ClN2O4. The number of methoxy groups -OCH3 is 3. The van der Waals surface area contributed by atoms with Crippen molar-refractivity contribution in [1.82, 2.24) is 5.32 Å². The molecule has 0 radical (unpaired) electrons. The molecule has 1 aromatic carbocycles. The number of ether oxygens (including phenoxy) is 3. The van der Waals surface area contributed by atoms with Crippen LogP contribution in [0.25, 0.3) is 0 Å². The molecule has 1 fully saturated rings. The Morgan fingerprint density at radius 2 is 1.71 bits per heavy atom. The summed E-state index contributed by atoms with van der Waals surface area (Å²) in [5.41, 5.74) is 0.648. The Labute approximate surface area is 149 Å². The summed E-state index contributed by atoms with van der Waals surface area (Å²) in [5, 5.41) is 6.25. The molecule has 1 saturated heterocycles. The maximum Gasteiger partial charge on any atom is 0.224 e. The van der Waals surface area contributed by atoms with Gasteiger partial charge in [0.25, 0.3) is 0 Å². The lowest BCUT2D eigenvalue weighted by molar-refractivity contribution is -0.116. The van der Waals surface area contributed by atoms with Gasteiger partial charge in [0.05, 0.1) is 21.3 Å². The largest absolute Gasteiger partial charge is 0.493 e. The van der Waals surface area contributed by atoms with E-state index in [1.165, 1.54) is 0 Å². The van der Waals surface area contributed by atoms with Gasteiger partial charge in [-0.2, -0.15) is 0 Å². The van der Waals surface area contributed by atoms with Gasteiger partial charge in [0, 0.05) is 24.2 Å². The second-order valence-corrected chi connectivity index (χ2v) is 5.69. The van der Waals surface area contributed by atoms with Crippen LogP contribution in [-0.4, -0.2) is 40.3 Å². The predicted molar refractivity (Wildman–Crippen MR) is 96.8 cm³/mol. The van der Waals surface area contributed by atoms with Crippen LogP contribution < -0.4 is 24.8 Å². The van der Waals surface area contributed by atoms with Crippen LogP contribution in [-0.2, 0) is 4.79 Å². The molecule has 1 aliphatic rings. The van der Waals surface area contributed by atoms with E-state index in [0.29, 0.717) is 35.3 Å². The van der Waals surface area contributed by atoms with Crippen molar-refractivity contribution in [2.75, 3.05) is 39.7 Å². The average Bonchev–Trinajstić information content (AvgIpc) is 2.59. The first-order chi connectivity index (χ1) is 11.2. The van der Waals surface area contributed by atoms with Crippen molar-refractivity contribution in [3.63, 3.8) is 0 Å². The average molecular weight is 359 g/mol. The molecule has 0 aromatic heterocycles. The molecule has 0 atom stereocenters. The van der Waals surface area contributed by atoms with Crippen molar-refractivity contribution < 1.29 is 19.0 Å². The SMILES string of the molecule is COc1cc(NC(=O)CCC2CCNCC2)cc(OC)c1OC.Cl. The zero-order valence-corrected chi connectivity index (χ0v) is 15.3. The van der Waals surface area contributed by atoms with Gasteiger partial charge in [0.2, 0.25) is 11.7 Å². The molecule has 1 aromatic rings. The van der Waals surface area contributed by atoms with Crippen molar-refractivity contribution in [2.45, 2.75) is 25.7 Å². The standard InChI is InChI=1S/C17H26N2O4.ClH/c1-21-14-10-13(11-15(22-2)17(14)23-3)19-16(20)5-4-12-6-8-18-9-7-12;/h10-12,18H,4-9H2,1-3H3,(H,19,20);1H. The zero-order chi connectivity index (χ0) is 16.7. The fourth-order valence-electron chi connectivity index (χ4n) is 2.88. The van der Waals surface area contributed by atoms with E-state index in [1.54, 1.807) is 33.5 Å². The molecule has 1 amide bonds. The number of piperidine rings is 1. The number of hydrogen-bond acceptors (Lipinski definition) is 5. The Morgan fingerprint density at radius 3 is 2.21 bits per heavy atom. The molecule has 0 bridgehead atoms. The molecule has 1 heterocycles. The van der Waals surface area contributed by atoms with Gasteiger partial charge < -0.3 is 24.8 Å². The number of carbonyl (C=O) groups excluding carboxylic acids is 1. The first-order valence-corrected chi connectivity index (χ1v) is 7.98. The Balaban J connectivity index is 0.00000288. The van der Waals surface area contributed by atoms with Crippen molar-refractivity contribution in [1.29, 1.82) is 0 Å². The van der Waals surface area contributed by atoms with Crippen molar-refractivity contribution in [3.8, 4) is 17.2 Å². The summed E-state index contributed by atoms with van der Waals surface area (Å²) in [6, 6.07) is 3.48. The van der Waals surface area contributed by atoms with Crippen molar-refractivity contribution in [3.05, 3.63) is 12.1 Å². The van der Waals surface area contributed by atoms with Gasteiger partial charge in [-0.25, -0.2) is 0 Å². The lowest BCUT2D eigenvalue weighted by Crippen LogP contribution is -2.28. The van der Waals surface area contributed by atoms with Gasteiger partial charge in [-0.1, -0.05) is 0 Å². The minimum Gasteiger partial charge on any atom is -0.493 e. The summed E-state index contributed by atoms with van der Waals surface area (Å²) in [6.07, 6.45) is 3.76. The summed E-state index contributed by atoms with van der Waals surface area (Å²) in [6.45, 7) is 2.11. The Bertz CT molecular complexity index is 508. The maximum absolute atomic E-state index is 12.2. The van der Waals surface area contributed by atoms with Crippen LogP contribution in [0.1, 0.15) is 25.7 Å². The fourth-order valence-corrected chi connectivity index (χ4v) is 2.88. The van der Waals surface area contributed by atoms with Gasteiger partial charge in [-0.05, 0) is 38.3 Å². The minimum absolute atomic E-state index is 0. The third-order valence-electron chi connectivity index (χ3n) is 4.19. The number of benzene rings is 1. The Morgan fingerprint density at radius 1 is 1.12 bits per heavy atom. The lowest BCUT2D eigenvalue weighted by atomic mass is 9.93. The second kappa shape index (κ2) is 10.3. The van der Waals surface area contributed by atoms with E-state index in [1.807, 2.05) is 0 Å². The molecule has 136 valence electrons. The Kier molecular flexibility index (Phi) is 8.71. The van der Waals surface area contributed by atoms with Crippen molar-refractivity contribution >= 4 is 24.0 Å². The van der Waals surface area contributed by atoms with Crippen LogP contribution in [0.5, 0.6) is 17.2 Å². The highest BCUT2D eigenvalue weighted by molar-refractivity contribution is 5.91. The van der Waals surface area contributed by atoms with Crippen LogP contribution in [0.15, 0.2) is 12.1 Å². The van der Waals surface area contributed by atoms with E-state index in [2.05, 4.69) is 10.6 Å². The summed E-state index contributed by atoms with van der Waals surface area (Å²) in [7, 11) is 4.66.